The summed E-state index contributed by atoms with van der Waals surface area (Å²) >= 11 is 0. The number of hydrogen-bond donors (Lipinski definition) is 2. The number of hydrogen-bond acceptors (Lipinski definition) is 5. The van der Waals surface area contributed by atoms with E-state index in [4.69, 9.17) is 10.00 Å². The van der Waals surface area contributed by atoms with E-state index in [1.807, 2.05) is 4.72 Å². The third-order valence-electron chi connectivity index (χ3n) is 3.32. The van der Waals surface area contributed by atoms with Crippen molar-refractivity contribution in [3.05, 3.63) is 54.1 Å². The first kappa shape index (κ1) is 21.2. The number of carbonyl (C=O) groups is 1. The molecule has 0 fully saturated rings. The normalized spacial score (nSPS) is 11.5. The van der Waals surface area contributed by atoms with Gasteiger partial charge < -0.3 is 10.1 Å². The Balaban J connectivity index is 2.01. The summed E-state index contributed by atoms with van der Waals surface area (Å²) in [5, 5.41) is 10.9. The number of halogens is 3. The van der Waals surface area contributed by atoms with E-state index >= 15 is 0 Å². The zero-order valence-corrected chi connectivity index (χ0v) is 15.0. The second-order valence-corrected chi connectivity index (χ2v) is 7.14. The number of ether oxygens (including phenoxy) is 1. The summed E-state index contributed by atoms with van der Waals surface area (Å²) in [6.45, 7) is -0.879. The second kappa shape index (κ2) is 8.73. The van der Waals surface area contributed by atoms with Crippen LogP contribution < -0.4 is 14.8 Å². The van der Waals surface area contributed by atoms with E-state index in [1.54, 1.807) is 18.2 Å². The number of alkyl halides is 3. The molecule has 0 aliphatic carbocycles. The van der Waals surface area contributed by atoms with E-state index < -0.39 is 39.1 Å². The highest BCUT2D eigenvalue weighted by atomic mass is 32.2. The van der Waals surface area contributed by atoms with Crippen LogP contribution in [0.2, 0.25) is 0 Å². The van der Waals surface area contributed by atoms with Crippen molar-refractivity contribution in [1.82, 2.24) is 4.72 Å². The fraction of sp³-hybridized carbons (Fsp3) is 0.176. The van der Waals surface area contributed by atoms with Crippen molar-refractivity contribution < 1.29 is 31.1 Å². The lowest BCUT2D eigenvalue weighted by Gasteiger charge is -2.11. The van der Waals surface area contributed by atoms with Crippen molar-refractivity contribution in [2.75, 3.05) is 18.5 Å². The average molecular weight is 413 g/mol. The Morgan fingerprint density at radius 3 is 2.54 bits per heavy atom. The predicted octanol–water partition coefficient (Wildman–Crippen LogP) is 2.52. The zero-order valence-electron chi connectivity index (χ0n) is 14.2. The fourth-order valence-corrected chi connectivity index (χ4v) is 3.10. The van der Waals surface area contributed by atoms with Gasteiger partial charge in [0.1, 0.15) is 11.8 Å². The van der Waals surface area contributed by atoms with Crippen molar-refractivity contribution in [2.24, 2.45) is 0 Å². The summed E-state index contributed by atoms with van der Waals surface area (Å²) < 4.78 is 69.4. The third-order valence-corrected chi connectivity index (χ3v) is 4.71. The van der Waals surface area contributed by atoms with Gasteiger partial charge in [-0.1, -0.05) is 12.1 Å². The number of nitrogens with one attached hydrogen (secondary N) is 2. The number of rotatable bonds is 7. The van der Waals surface area contributed by atoms with Crippen LogP contribution in [0.25, 0.3) is 0 Å². The highest BCUT2D eigenvalue weighted by Gasteiger charge is 2.31. The summed E-state index contributed by atoms with van der Waals surface area (Å²) in [6, 6.07) is 11.0. The van der Waals surface area contributed by atoms with E-state index in [1.165, 1.54) is 12.1 Å². The molecule has 0 saturated heterocycles. The van der Waals surface area contributed by atoms with E-state index in [9.17, 15) is 26.4 Å². The van der Waals surface area contributed by atoms with Crippen molar-refractivity contribution in [1.29, 1.82) is 5.26 Å². The Labute approximate surface area is 158 Å². The number of sulfonamides is 1. The smallest absolute Gasteiger partial charge is 0.416 e. The first-order chi connectivity index (χ1) is 13.1. The maximum absolute atomic E-state index is 12.7. The minimum absolute atomic E-state index is 0.186. The standard InChI is InChI=1S/C17H14F3N3O4S/c18-17(19,20)12-3-1-6-15(9-12)28(25,26)22-11-16(24)23-13-4-2-5-14(10-13)27-8-7-21/h1-6,9-10,22H,8,11H2,(H,23,24). The molecule has 2 N–H and O–H groups in total. The highest BCUT2D eigenvalue weighted by Crippen LogP contribution is 2.30. The molecule has 1 amide bonds. The van der Waals surface area contributed by atoms with Crippen LogP contribution in [-0.4, -0.2) is 27.5 Å². The van der Waals surface area contributed by atoms with Crippen LogP contribution in [0.1, 0.15) is 5.56 Å². The maximum Gasteiger partial charge on any atom is 0.416 e. The molecular weight excluding hydrogens is 399 g/mol. The Kier molecular flexibility index (Phi) is 6.61. The average Bonchev–Trinajstić information content (AvgIpc) is 2.64. The molecule has 0 spiro atoms. The first-order valence-electron chi connectivity index (χ1n) is 7.68. The molecule has 0 atom stereocenters. The van der Waals surface area contributed by atoms with Gasteiger partial charge in [0.15, 0.2) is 6.61 Å². The summed E-state index contributed by atoms with van der Waals surface area (Å²) in [6.07, 6.45) is -4.69. The second-order valence-electron chi connectivity index (χ2n) is 5.37. The van der Waals surface area contributed by atoms with Crippen molar-refractivity contribution in [3.8, 4) is 11.8 Å². The highest BCUT2D eigenvalue weighted by molar-refractivity contribution is 7.89. The quantitative estimate of drug-likeness (QED) is 0.725. The minimum Gasteiger partial charge on any atom is -0.479 e. The molecule has 0 aliphatic rings. The van der Waals surface area contributed by atoms with Gasteiger partial charge >= 0.3 is 6.18 Å². The molecule has 2 aromatic rings. The van der Waals surface area contributed by atoms with Gasteiger partial charge in [0, 0.05) is 11.8 Å². The van der Waals surface area contributed by atoms with Crippen LogP contribution in [0.3, 0.4) is 0 Å². The zero-order chi connectivity index (χ0) is 20.8. The van der Waals surface area contributed by atoms with E-state index in [0.29, 0.717) is 17.5 Å². The number of nitrogens with zero attached hydrogens (tertiary/aromatic N) is 1. The third kappa shape index (κ3) is 5.97. The Morgan fingerprint density at radius 1 is 1.14 bits per heavy atom. The van der Waals surface area contributed by atoms with E-state index in [0.717, 1.165) is 18.2 Å². The molecule has 0 heterocycles. The van der Waals surface area contributed by atoms with Gasteiger partial charge in [0.2, 0.25) is 15.9 Å². The SMILES string of the molecule is N#CCOc1cccc(NC(=O)CNS(=O)(=O)c2cccc(C(F)(F)F)c2)c1. The van der Waals surface area contributed by atoms with Crippen LogP contribution in [0, 0.1) is 11.3 Å². The van der Waals surface area contributed by atoms with Gasteiger partial charge in [-0.25, -0.2) is 13.1 Å². The number of amides is 1. The van der Waals surface area contributed by atoms with Crippen molar-refractivity contribution in [2.45, 2.75) is 11.1 Å². The molecule has 0 bridgehead atoms. The number of benzene rings is 2. The maximum atomic E-state index is 12.7. The number of anilines is 1. The molecule has 0 unspecified atom stereocenters. The first-order valence-corrected chi connectivity index (χ1v) is 9.17. The van der Waals surface area contributed by atoms with Crippen LogP contribution in [0.15, 0.2) is 53.4 Å². The lowest BCUT2D eigenvalue weighted by atomic mass is 10.2. The molecule has 7 nitrogen and oxygen atoms in total. The monoisotopic (exact) mass is 413 g/mol. The summed E-state index contributed by atoms with van der Waals surface area (Å²) in [4.78, 5) is 11.3. The van der Waals surface area contributed by atoms with E-state index in [-0.39, 0.29) is 6.61 Å². The van der Waals surface area contributed by atoms with Gasteiger partial charge in [-0.05, 0) is 30.3 Å². The Bertz CT molecular complexity index is 1000. The summed E-state index contributed by atoms with van der Waals surface area (Å²) in [5.41, 5.74) is -0.826. The van der Waals surface area contributed by atoms with Crippen LogP contribution in [0.4, 0.5) is 18.9 Å². The molecule has 11 heteroatoms. The van der Waals surface area contributed by atoms with Gasteiger partial charge in [0.05, 0.1) is 17.0 Å². The number of nitriles is 1. The molecule has 0 radical (unpaired) electrons. The molecule has 0 saturated carbocycles. The predicted molar refractivity (Wildman–Crippen MR) is 92.8 cm³/mol. The molecule has 2 rings (SSSR count). The topological polar surface area (TPSA) is 108 Å². The largest absolute Gasteiger partial charge is 0.479 e. The molecule has 148 valence electrons. The summed E-state index contributed by atoms with van der Waals surface area (Å²) in [5.74, 6) is -0.420. The molecular formula is C17H14F3N3O4S. The molecule has 28 heavy (non-hydrogen) atoms. The van der Waals surface area contributed by atoms with Crippen LogP contribution in [-0.2, 0) is 21.0 Å². The fourth-order valence-electron chi connectivity index (χ4n) is 2.07. The Hall–Kier alpha value is -3.10. The molecule has 0 aliphatic heterocycles. The van der Waals surface area contributed by atoms with Crippen molar-refractivity contribution >= 4 is 21.6 Å². The lowest BCUT2D eigenvalue weighted by Crippen LogP contribution is -2.33. The van der Waals surface area contributed by atoms with Crippen LogP contribution >= 0.6 is 0 Å². The van der Waals surface area contributed by atoms with Gasteiger partial charge in [-0.3, -0.25) is 4.79 Å². The summed E-state index contributed by atoms with van der Waals surface area (Å²) in [7, 11) is -4.32. The Morgan fingerprint density at radius 2 is 1.86 bits per heavy atom. The van der Waals surface area contributed by atoms with Gasteiger partial charge in [-0.15, -0.1) is 0 Å². The van der Waals surface area contributed by atoms with Crippen molar-refractivity contribution in [3.63, 3.8) is 0 Å². The molecule has 0 aromatic heterocycles. The van der Waals surface area contributed by atoms with Gasteiger partial charge in [0.25, 0.3) is 0 Å². The number of carbonyl (C=O) groups excluding carboxylic acids is 1. The lowest BCUT2D eigenvalue weighted by molar-refractivity contribution is -0.137. The van der Waals surface area contributed by atoms with Crippen LogP contribution in [0.5, 0.6) is 5.75 Å². The van der Waals surface area contributed by atoms with Gasteiger partial charge in [-0.2, -0.15) is 18.4 Å². The minimum atomic E-state index is -4.69. The molecule has 2 aromatic carbocycles. The van der Waals surface area contributed by atoms with E-state index in [2.05, 4.69) is 5.32 Å².